The molecule has 0 bridgehead atoms. The van der Waals surface area contributed by atoms with Gasteiger partial charge >= 0.3 is 0 Å². The van der Waals surface area contributed by atoms with Crippen molar-refractivity contribution in [1.29, 1.82) is 0 Å². The average molecular weight is 142 g/mol. The summed E-state index contributed by atoms with van der Waals surface area (Å²) in [6.45, 7) is 4.00. The molecule has 0 aromatic rings. The Balaban J connectivity index is 0.000000371. The normalized spacial score (nSPS) is 29.2. The summed E-state index contributed by atoms with van der Waals surface area (Å²) in [4.78, 5) is 0. The van der Waals surface area contributed by atoms with Gasteiger partial charge in [-0.2, -0.15) is 0 Å². The minimum Gasteiger partial charge on any atom is -0.385 e. The lowest BCUT2D eigenvalue weighted by atomic mass is 10.1. The smallest absolute Gasteiger partial charge is 0.0904 e. The second-order valence-corrected chi connectivity index (χ2v) is 1.75. The highest BCUT2D eigenvalue weighted by Crippen LogP contribution is 2.00. The SMILES string of the molecule is CC.OC1C=CC(O)C=C1. The molecule has 10 heavy (non-hydrogen) atoms. The lowest BCUT2D eigenvalue weighted by molar-refractivity contribution is 0.240. The quantitative estimate of drug-likeness (QED) is 0.492. The molecule has 1 rings (SSSR count). The van der Waals surface area contributed by atoms with Crippen molar-refractivity contribution >= 4 is 0 Å². The number of aliphatic hydroxyl groups excluding tert-OH is 2. The molecule has 0 atom stereocenters. The molecule has 0 aromatic heterocycles. The first-order chi connectivity index (χ1) is 4.79. The molecule has 2 heteroatoms. The predicted molar refractivity (Wildman–Crippen MR) is 41.6 cm³/mol. The van der Waals surface area contributed by atoms with Crippen molar-refractivity contribution in [2.24, 2.45) is 0 Å². The van der Waals surface area contributed by atoms with Gasteiger partial charge in [0.1, 0.15) is 0 Å². The third-order valence-corrected chi connectivity index (χ3v) is 1.01. The highest BCUT2D eigenvalue weighted by Gasteiger charge is 2.00. The van der Waals surface area contributed by atoms with Crippen LogP contribution in [0.1, 0.15) is 13.8 Å². The molecule has 0 aliphatic heterocycles. The highest BCUT2D eigenvalue weighted by molar-refractivity contribution is 5.14. The third-order valence-electron chi connectivity index (χ3n) is 1.01. The van der Waals surface area contributed by atoms with Crippen LogP contribution in [0.15, 0.2) is 24.3 Å². The van der Waals surface area contributed by atoms with Crippen LogP contribution in [0.5, 0.6) is 0 Å². The van der Waals surface area contributed by atoms with E-state index in [4.69, 9.17) is 10.2 Å². The van der Waals surface area contributed by atoms with E-state index in [0.717, 1.165) is 0 Å². The van der Waals surface area contributed by atoms with Gasteiger partial charge in [0.25, 0.3) is 0 Å². The van der Waals surface area contributed by atoms with Crippen LogP contribution in [0, 0.1) is 0 Å². The topological polar surface area (TPSA) is 40.5 Å². The molecule has 1 aliphatic carbocycles. The summed E-state index contributed by atoms with van der Waals surface area (Å²) >= 11 is 0. The van der Waals surface area contributed by atoms with Crippen LogP contribution < -0.4 is 0 Å². The first-order valence-corrected chi connectivity index (χ1v) is 3.52. The largest absolute Gasteiger partial charge is 0.385 e. The first kappa shape index (κ1) is 9.40. The van der Waals surface area contributed by atoms with Crippen LogP contribution in [-0.2, 0) is 0 Å². The fraction of sp³-hybridized carbons (Fsp3) is 0.500. The minimum atomic E-state index is -0.501. The van der Waals surface area contributed by atoms with Crippen LogP contribution >= 0.6 is 0 Å². The zero-order chi connectivity index (χ0) is 7.98. The van der Waals surface area contributed by atoms with Crippen LogP contribution in [0.3, 0.4) is 0 Å². The van der Waals surface area contributed by atoms with Crippen molar-refractivity contribution in [3.8, 4) is 0 Å². The molecule has 0 radical (unpaired) electrons. The first-order valence-electron chi connectivity index (χ1n) is 3.52. The number of rotatable bonds is 0. The van der Waals surface area contributed by atoms with Gasteiger partial charge in [0.05, 0.1) is 12.2 Å². The summed E-state index contributed by atoms with van der Waals surface area (Å²) in [7, 11) is 0. The van der Waals surface area contributed by atoms with E-state index >= 15 is 0 Å². The van der Waals surface area contributed by atoms with E-state index in [1.807, 2.05) is 13.8 Å². The highest BCUT2D eigenvalue weighted by atomic mass is 16.3. The Hall–Kier alpha value is -0.600. The standard InChI is InChI=1S/C6H8O2.C2H6/c7-5-1-2-6(8)4-3-5;1-2/h1-8H;1-2H3. The van der Waals surface area contributed by atoms with E-state index in [1.165, 1.54) is 0 Å². The number of aliphatic hydroxyl groups is 2. The van der Waals surface area contributed by atoms with Crippen molar-refractivity contribution in [2.45, 2.75) is 26.1 Å². The molecular weight excluding hydrogens is 128 g/mol. The number of hydrogen-bond acceptors (Lipinski definition) is 2. The molecule has 0 amide bonds. The van der Waals surface area contributed by atoms with Gasteiger partial charge in [-0.05, 0) is 0 Å². The molecular formula is C8H14O2. The summed E-state index contributed by atoms with van der Waals surface area (Å²) < 4.78 is 0. The van der Waals surface area contributed by atoms with E-state index < -0.39 is 12.2 Å². The number of hydrogen-bond donors (Lipinski definition) is 2. The van der Waals surface area contributed by atoms with Gasteiger partial charge in [-0.15, -0.1) is 0 Å². The molecule has 0 heterocycles. The summed E-state index contributed by atoms with van der Waals surface area (Å²) in [5, 5.41) is 17.5. The Morgan fingerprint density at radius 3 is 1.20 bits per heavy atom. The molecule has 0 spiro atoms. The maximum atomic E-state index is 8.74. The zero-order valence-electron chi connectivity index (χ0n) is 6.36. The van der Waals surface area contributed by atoms with Crippen molar-refractivity contribution < 1.29 is 10.2 Å². The van der Waals surface area contributed by atoms with Crippen molar-refractivity contribution in [3.05, 3.63) is 24.3 Å². The van der Waals surface area contributed by atoms with Gasteiger partial charge in [0.2, 0.25) is 0 Å². The Morgan fingerprint density at radius 2 is 1.00 bits per heavy atom. The van der Waals surface area contributed by atoms with E-state index in [1.54, 1.807) is 24.3 Å². The van der Waals surface area contributed by atoms with Crippen molar-refractivity contribution in [1.82, 2.24) is 0 Å². The second-order valence-electron chi connectivity index (χ2n) is 1.75. The zero-order valence-corrected chi connectivity index (χ0v) is 6.36. The van der Waals surface area contributed by atoms with Gasteiger partial charge in [-0.3, -0.25) is 0 Å². The maximum absolute atomic E-state index is 8.74. The van der Waals surface area contributed by atoms with Crippen LogP contribution in [0.2, 0.25) is 0 Å². The van der Waals surface area contributed by atoms with E-state index in [0.29, 0.717) is 0 Å². The lowest BCUT2D eigenvalue weighted by Gasteiger charge is -2.05. The molecule has 0 saturated carbocycles. The second kappa shape index (κ2) is 5.21. The Kier molecular flexibility index (Phi) is 4.89. The van der Waals surface area contributed by atoms with Crippen molar-refractivity contribution in [2.75, 3.05) is 0 Å². The molecule has 58 valence electrons. The van der Waals surface area contributed by atoms with Gasteiger partial charge in [-0.25, -0.2) is 0 Å². The van der Waals surface area contributed by atoms with Gasteiger partial charge in [0.15, 0.2) is 0 Å². The van der Waals surface area contributed by atoms with Crippen LogP contribution in [0.25, 0.3) is 0 Å². The van der Waals surface area contributed by atoms with E-state index in [2.05, 4.69) is 0 Å². The molecule has 0 unspecified atom stereocenters. The average Bonchev–Trinajstić information content (AvgIpc) is 2.00. The Morgan fingerprint density at radius 1 is 0.800 bits per heavy atom. The monoisotopic (exact) mass is 142 g/mol. The van der Waals surface area contributed by atoms with Gasteiger partial charge in [-0.1, -0.05) is 38.2 Å². The molecule has 0 saturated heterocycles. The molecule has 0 aromatic carbocycles. The van der Waals surface area contributed by atoms with Gasteiger partial charge in [0, 0.05) is 0 Å². The molecule has 2 N–H and O–H groups in total. The summed E-state index contributed by atoms with van der Waals surface area (Å²) in [6.07, 6.45) is 5.18. The van der Waals surface area contributed by atoms with Crippen molar-refractivity contribution in [3.63, 3.8) is 0 Å². The molecule has 2 nitrogen and oxygen atoms in total. The predicted octanol–water partition coefficient (Wildman–Crippen LogP) is 0.860. The van der Waals surface area contributed by atoms with Crippen LogP contribution in [0.4, 0.5) is 0 Å². The van der Waals surface area contributed by atoms with Gasteiger partial charge < -0.3 is 10.2 Å². The lowest BCUT2D eigenvalue weighted by Crippen LogP contribution is -2.08. The molecule has 1 aliphatic rings. The summed E-state index contributed by atoms with van der Waals surface area (Å²) in [6, 6.07) is 0. The fourth-order valence-electron chi connectivity index (χ4n) is 0.584. The molecule has 0 fully saturated rings. The summed E-state index contributed by atoms with van der Waals surface area (Å²) in [5.74, 6) is 0. The minimum absolute atomic E-state index is 0.501. The van der Waals surface area contributed by atoms with Crippen LogP contribution in [-0.4, -0.2) is 22.4 Å². The Labute approximate surface area is 61.5 Å². The fourth-order valence-corrected chi connectivity index (χ4v) is 0.584. The summed E-state index contributed by atoms with van der Waals surface area (Å²) in [5.41, 5.74) is 0. The maximum Gasteiger partial charge on any atom is 0.0904 e. The van der Waals surface area contributed by atoms with E-state index in [9.17, 15) is 0 Å². The van der Waals surface area contributed by atoms with E-state index in [-0.39, 0.29) is 0 Å². The Bertz CT molecular complexity index is 99.2. The third kappa shape index (κ3) is 3.43.